The van der Waals surface area contributed by atoms with Crippen LogP contribution in [-0.4, -0.2) is 31.5 Å². The Hall–Kier alpha value is 0.0881. The van der Waals surface area contributed by atoms with Crippen LogP contribution in [-0.2, 0) is 12.3 Å². The van der Waals surface area contributed by atoms with Crippen molar-refractivity contribution in [1.29, 1.82) is 0 Å². The van der Waals surface area contributed by atoms with E-state index in [1.807, 2.05) is 0 Å². The molecule has 163 valence electrons. The molecular weight excluding hydrogens is 469 g/mol. The predicted octanol–water partition coefficient (Wildman–Crippen LogP) is 5.12. The third kappa shape index (κ3) is 4.12. The van der Waals surface area contributed by atoms with Crippen LogP contribution in [0.5, 0.6) is 0 Å². The van der Waals surface area contributed by atoms with Crippen molar-refractivity contribution in [3.63, 3.8) is 0 Å². The average molecular weight is 507 g/mol. The monoisotopic (exact) mass is 506 g/mol. The first-order valence-electron chi connectivity index (χ1n) is 10.2. The summed E-state index contributed by atoms with van der Waals surface area (Å²) in [6.45, 7) is 11.0. The molecule has 0 aliphatic heterocycles. The van der Waals surface area contributed by atoms with Gasteiger partial charge in [0, 0.05) is 0 Å². The van der Waals surface area contributed by atoms with Gasteiger partial charge in [0.05, 0.1) is 0 Å². The molecule has 2 aromatic rings. The van der Waals surface area contributed by atoms with Crippen LogP contribution in [0.15, 0.2) is 48.5 Å². The fraction of sp³-hybridized carbons (Fsp3) is 0.455. The maximum absolute atomic E-state index is 10.4. The summed E-state index contributed by atoms with van der Waals surface area (Å²) in [6, 6.07) is 18.0. The van der Waals surface area contributed by atoms with Crippen molar-refractivity contribution >= 4 is 39.1 Å². The Bertz CT molecular complexity index is 943. The first kappa shape index (κ1) is 27.1. The minimum Gasteiger partial charge on any atom is -0.147 e. The number of fused-ring (bicyclic) bond motifs is 3. The number of halogens is 2. The Balaban J connectivity index is 0.00000210. The molecule has 29 heavy (non-hydrogen) atoms. The summed E-state index contributed by atoms with van der Waals surface area (Å²) in [5, 5.41) is 13.0. The van der Waals surface area contributed by atoms with Crippen molar-refractivity contribution in [2.75, 3.05) is 6.61 Å². The predicted molar refractivity (Wildman–Crippen MR) is 136 cm³/mol. The number of benzene rings is 2. The summed E-state index contributed by atoms with van der Waals surface area (Å²) in [6.07, 6.45) is 0. The van der Waals surface area contributed by atoms with Crippen molar-refractivity contribution in [3.8, 4) is 11.1 Å². The maximum Gasteiger partial charge on any atom is -0.147 e. The van der Waals surface area contributed by atoms with E-state index < -0.39 is 18.9 Å². The molecule has 0 saturated heterocycles. The molecule has 1 aliphatic carbocycles. The fourth-order valence-corrected chi connectivity index (χ4v) is 33.6. The Morgan fingerprint density at radius 2 is 1.38 bits per heavy atom. The van der Waals surface area contributed by atoms with Crippen LogP contribution >= 0.6 is 24.8 Å². The fourth-order valence-electron chi connectivity index (χ4n) is 6.00. The van der Waals surface area contributed by atoms with Crippen LogP contribution in [0.3, 0.4) is 0 Å². The van der Waals surface area contributed by atoms with Crippen molar-refractivity contribution in [2.45, 2.75) is 53.6 Å². The molecule has 0 radical (unpaired) electrons. The van der Waals surface area contributed by atoms with Crippen LogP contribution in [0.2, 0.25) is 23.0 Å². The molecule has 0 saturated carbocycles. The summed E-state index contributed by atoms with van der Waals surface area (Å²) >= 11 is -3.97. The molecule has 0 amide bonds. The van der Waals surface area contributed by atoms with Gasteiger partial charge in [0.15, 0.2) is 0 Å². The van der Waals surface area contributed by atoms with Gasteiger partial charge in [-0.3, -0.25) is 0 Å². The number of nitrogens with one attached hydrogen (secondary N) is 1. The smallest absolute Gasteiger partial charge is 0.147 e. The van der Waals surface area contributed by atoms with Gasteiger partial charge in [0.25, 0.3) is 0 Å². The van der Waals surface area contributed by atoms with Crippen molar-refractivity contribution in [2.24, 2.45) is 0 Å². The van der Waals surface area contributed by atoms with E-state index >= 15 is 0 Å². The molecule has 2 N–H and O–H groups in total. The Labute approximate surface area is 190 Å². The van der Waals surface area contributed by atoms with Gasteiger partial charge >= 0.3 is 166 Å². The second kappa shape index (κ2) is 8.22. The van der Waals surface area contributed by atoms with E-state index in [4.69, 9.17) is 0 Å². The molecular formula is C22H38Cl2NOSi2Ti. The number of aliphatic hydroxyl groups is 1. The minimum absolute atomic E-state index is 0. The van der Waals surface area contributed by atoms with E-state index in [0.29, 0.717) is 4.22 Å². The molecule has 2 nitrogen and oxygen atoms in total. The summed E-state index contributed by atoms with van der Waals surface area (Å²) in [5.74, 6) is 0. The zero-order valence-electron chi connectivity index (χ0n) is 18.7. The molecule has 0 aromatic heterocycles. The molecule has 0 atom stereocenters. The van der Waals surface area contributed by atoms with Crippen molar-refractivity contribution in [1.82, 2.24) is 3.80 Å². The van der Waals surface area contributed by atoms with Crippen molar-refractivity contribution in [3.05, 3.63) is 59.7 Å². The summed E-state index contributed by atoms with van der Waals surface area (Å²) in [4.78, 5) is 0. The molecule has 0 bridgehead atoms. The third-order valence-electron chi connectivity index (χ3n) is 7.63. The summed E-state index contributed by atoms with van der Waals surface area (Å²) in [5.41, 5.74) is 5.76. The number of rotatable bonds is 5. The van der Waals surface area contributed by atoms with E-state index in [1.54, 1.807) is 0 Å². The zero-order valence-corrected chi connectivity index (χ0v) is 24.4. The second-order valence-corrected chi connectivity index (χ2v) is 52.9. The van der Waals surface area contributed by atoms with Gasteiger partial charge in [-0.15, -0.1) is 24.8 Å². The van der Waals surface area contributed by atoms with Gasteiger partial charge in [-0.25, -0.2) is 0 Å². The van der Waals surface area contributed by atoms with Gasteiger partial charge < -0.3 is 0 Å². The normalized spacial score (nSPS) is 16.1. The standard InChI is InChI=1S/C13H9.C4H10N.C2H5O.C2H7Si.CH3.2ClH.H2Si.Ti/c1-3-7-12-10(5-1)9-11-6-2-4-8-13(11)12;1-4(2,3)5;1-2-3;1-3-2;;;;;/h1-9H;5H,1-3H3;3H,1-2H2;3H,1-2H3;1H3;2*1H;1H2;/q;-1;;;;;;;+1. The molecule has 0 spiro atoms. The van der Waals surface area contributed by atoms with Gasteiger partial charge in [-0.05, 0) is 0 Å². The van der Waals surface area contributed by atoms with Gasteiger partial charge in [0.2, 0.25) is 0 Å². The van der Waals surface area contributed by atoms with E-state index in [0.717, 1.165) is 4.73 Å². The number of aliphatic hydroxyl groups excluding tert-OH is 1. The number of hydrogen-bond donors (Lipinski definition) is 2. The first-order chi connectivity index (χ1) is 12.4. The van der Waals surface area contributed by atoms with Crippen molar-refractivity contribution < 1.29 is 17.4 Å². The Morgan fingerprint density at radius 1 is 0.966 bits per heavy atom. The molecule has 1 aliphatic rings. The molecule has 0 heterocycles. The quantitative estimate of drug-likeness (QED) is 0.551. The molecule has 7 heteroatoms. The van der Waals surface area contributed by atoms with E-state index in [1.165, 1.54) is 22.3 Å². The van der Waals surface area contributed by atoms with Gasteiger partial charge in [-0.1, -0.05) is 0 Å². The second-order valence-electron chi connectivity index (χ2n) is 11.0. The van der Waals surface area contributed by atoms with Crippen LogP contribution in [0.25, 0.3) is 11.1 Å². The Kier molecular flexibility index (Phi) is 7.68. The van der Waals surface area contributed by atoms with E-state index in [2.05, 4.69) is 99.1 Å². The molecule has 0 fully saturated rings. The first-order valence-corrected chi connectivity index (χ1v) is 24.2. The van der Waals surface area contributed by atoms with E-state index in [9.17, 15) is 5.11 Å². The van der Waals surface area contributed by atoms with E-state index in [-0.39, 0.29) is 37.0 Å². The molecule has 0 unspecified atom stereocenters. The summed E-state index contributed by atoms with van der Waals surface area (Å²) < 4.78 is 5.67. The van der Waals surface area contributed by atoms with Crippen LogP contribution in [0, 0.1) is 0 Å². The summed E-state index contributed by atoms with van der Waals surface area (Å²) in [7, 11) is 2.32. The molecule has 2 aromatic carbocycles. The minimum atomic E-state index is -3.97. The van der Waals surface area contributed by atoms with Crippen LogP contribution in [0.4, 0.5) is 0 Å². The zero-order chi connectivity index (χ0) is 20.2. The SMILES string of the molecule is C[SiH](C)[Ti]([CH3])(=[SiH2])([CH2]CO)([NH]C(C)(C)C)[CH]1c2ccccc2-c2ccccc21.Cl.Cl. The topological polar surface area (TPSA) is 32.3 Å². The van der Waals surface area contributed by atoms with Crippen LogP contribution in [0.1, 0.15) is 36.1 Å². The number of hydrogen-bond acceptors (Lipinski definition) is 2. The van der Waals surface area contributed by atoms with Crippen LogP contribution < -0.4 is 3.80 Å². The van der Waals surface area contributed by atoms with Gasteiger partial charge in [0.1, 0.15) is 0 Å². The molecule has 3 rings (SSSR count). The Morgan fingerprint density at radius 3 is 1.72 bits per heavy atom. The van der Waals surface area contributed by atoms with Gasteiger partial charge in [-0.2, -0.15) is 0 Å². The third-order valence-corrected chi connectivity index (χ3v) is 57.3. The average Bonchev–Trinajstić information content (AvgIpc) is 2.89. The maximum atomic E-state index is 10.4. The largest absolute Gasteiger partial charge is 0.147 e.